The van der Waals surface area contributed by atoms with Crippen LogP contribution in [0.5, 0.6) is 0 Å². The van der Waals surface area contributed by atoms with Crippen molar-refractivity contribution >= 4 is 45.2 Å². The molecule has 0 amide bonds. The number of fused-ring (bicyclic) bond motifs is 1. The molecule has 0 radical (unpaired) electrons. The summed E-state index contributed by atoms with van der Waals surface area (Å²) in [6, 6.07) is 11.8. The highest BCUT2D eigenvalue weighted by atomic mass is 79.9. The highest BCUT2D eigenvalue weighted by molar-refractivity contribution is 9.10. The lowest BCUT2D eigenvalue weighted by molar-refractivity contribution is -0.384. The van der Waals surface area contributed by atoms with Gasteiger partial charge in [-0.1, -0.05) is 17.8 Å². The van der Waals surface area contributed by atoms with Crippen molar-refractivity contribution in [1.29, 1.82) is 0 Å². The largest absolute Gasteiger partial charge is 0.288 e. The van der Waals surface area contributed by atoms with Crippen LogP contribution in [-0.4, -0.2) is 10.7 Å². The van der Waals surface area contributed by atoms with Gasteiger partial charge in [-0.3, -0.25) is 14.9 Å². The Morgan fingerprint density at radius 3 is 2.48 bits per heavy atom. The molecule has 2 aromatic carbocycles. The molecule has 0 aliphatic carbocycles. The van der Waals surface area contributed by atoms with E-state index in [0.29, 0.717) is 10.5 Å². The quantitative estimate of drug-likeness (QED) is 0.442. The number of nitro benzene ring substituents is 1. The first-order valence-corrected chi connectivity index (χ1v) is 7.64. The van der Waals surface area contributed by atoms with Gasteiger partial charge in [0.15, 0.2) is 0 Å². The van der Waals surface area contributed by atoms with Crippen molar-refractivity contribution in [1.82, 2.24) is 0 Å². The van der Waals surface area contributed by atoms with E-state index in [1.807, 2.05) is 18.2 Å². The normalized spacial score (nSPS) is 15.3. The van der Waals surface area contributed by atoms with Crippen molar-refractivity contribution in [2.75, 3.05) is 0 Å². The van der Waals surface area contributed by atoms with Crippen LogP contribution in [-0.2, 0) is 0 Å². The zero-order valence-corrected chi connectivity index (χ0v) is 13.0. The molecule has 6 heteroatoms. The van der Waals surface area contributed by atoms with E-state index in [2.05, 4.69) is 15.9 Å². The Morgan fingerprint density at radius 2 is 1.86 bits per heavy atom. The fourth-order valence-electron chi connectivity index (χ4n) is 2.04. The van der Waals surface area contributed by atoms with E-state index in [-0.39, 0.29) is 11.5 Å². The van der Waals surface area contributed by atoms with Crippen LogP contribution in [0.3, 0.4) is 0 Å². The Hall–Kier alpha value is -1.92. The highest BCUT2D eigenvalue weighted by Crippen LogP contribution is 2.43. The van der Waals surface area contributed by atoms with Gasteiger partial charge >= 0.3 is 0 Å². The van der Waals surface area contributed by atoms with Crippen molar-refractivity contribution in [3.05, 3.63) is 73.1 Å². The van der Waals surface area contributed by atoms with E-state index >= 15 is 0 Å². The molecule has 1 aliphatic heterocycles. The van der Waals surface area contributed by atoms with Crippen molar-refractivity contribution in [3.8, 4) is 0 Å². The fraction of sp³-hybridized carbons (Fsp3) is 0. The summed E-state index contributed by atoms with van der Waals surface area (Å²) >= 11 is 4.80. The standard InChI is InChI=1S/C15H8BrNO3S/c16-11-2-1-3-12-14(11)15(18)13(21-12)8-9-4-6-10(7-5-9)17(19)20/h1-8H. The van der Waals surface area contributed by atoms with Crippen LogP contribution in [0.15, 0.2) is 56.7 Å². The Balaban J connectivity index is 1.94. The van der Waals surface area contributed by atoms with Gasteiger partial charge in [0.1, 0.15) is 0 Å². The zero-order chi connectivity index (χ0) is 15.0. The SMILES string of the molecule is O=C1C(=Cc2ccc([N+](=O)[O-])cc2)Sc2cccc(Br)c21. The summed E-state index contributed by atoms with van der Waals surface area (Å²) < 4.78 is 0.782. The molecule has 3 rings (SSSR count). The molecule has 4 nitrogen and oxygen atoms in total. The lowest BCUT2D eigenvalue weighted by Gasteiger charge is -1.97. The number of ketones is 1. The van der Waals surface area contributed by atoms with Gasteiger partial charge in [-0.2, -0.15) is 0 Å². The second-order valence-electron chi connectivity index (χ2n) is 4.40. The molecule has 0 bridgehead atoms. The Morgan fingerprint density at radius 1 is 1.14 bits per heavy atom. The summed E-state index contributed by atoms with van der Waals surface area (Å²) in [6.45, 7) is 0. The van der Waals surface area contributed by atoms with Crippen LogP contribution in [0.2, 0.25) is 0 Å². The third-order valence-corrected chi connectivity index (χ3v) is 4.79. The molecule has 0 N–H and O–H groups in total. The van der Waals surface area contributed by atoms with E-state index < -0.39 is 4.92 Å². The van der Waals surface area contributed by atoms with Gasteiger partial charge in [0, 0.05) is 21.5 Å². The molecule has 0 saturated carbocycles. The molecule has 0 fully saturated rings. The minimum atomic E-state index is -0.445. The number of halogens is 1. The summed E-state index contributed by atoms with van der Waals surface area (Å²) in [5, 5.41) is 10.6. The minimum absolute atomic E-state index is 0.0270. The Labute approximate surface area is 133 Å². The summed E-state index contributed by atoms with van der Waals surface area (Å²) in [5.74, 6) is -0.0270. The smallest absolute Gasteiger partial charge is 0.269 e. The predicted molar refractivity (Wildman–Crippen MR) is 85.4 cm³/mol. The second kappa shape index (κ2) is 5.46. The second-order valence-corrected chi connectivity index (χ2v) is 6.34. The lowest BCUT2D eigenvalue weighted by Crippen LogP contribution is -1.95. The van der Waals surface area contributed by atoms with E-state index in [4.69, 9.17) is 0 Å². The number of allylic oxidation sites excluding steroid dienone is 1. The van der Waals surface area contributed by atoms with Gasteiger partial charge in [0.25, 0.3) is 5.69 Å². The van der Waals surface area contributed by atoms with Gasteiger partial charge in [0.05, 0.1) is 15.4 Å². The van der Waals surface area contributed by atoms with Crippen molar-refractivity contribution in [3.63, 3.8) is 0 Å². The highest BCUT2D eigenvalue weighted by Gasteiger charge is 2.27. The summed E-state index contributed by atoms with van der Waals surface area (Å²) in [6.07, 6.45) is 1.75. The molecule has 0 unspecified atom stereocenters. The van der Waals surface area contributed by atoms with Gasteiger partial charge in [-0.15, -0.1) is 0 Å². The number of benzene rings is 2. The van der Waals surface area contributed by atoms with Crippen LogP contribution in [0, 0.1) is 10.1 Å². The molecule has 0 atom stereocenters. The maximum atomic E-state index is 12.4. The summed E-state index contributed by atoms with van der Waals surface area (Å²) in [4.78, 5) is 24.1. The summed E-state index contributed by atoms with van der Waals surface area (Å²) in [5.41, 5.74) is 1.48. The van der Waals surface area contributed by atoms with E-state index in [1.165, 1.54) is 23.9 Å². The molecule has 0 saturated heterocycles. The van der Waals surface area contributed by atoms with E-state index in [0.717, 1.165) is 14.9 Å². The van der Waals surface area contributed by atoms with Crippen LogP contribution in [0.1, 0.15) is 15.9 Å². The van der Waals surface area contributed by atoms with Crippen molar-refractivity contribution < 1.29 is 9.72 Å². The third kappa shape index (κ3) is 2.64. The fourth-order valence-corrected chi connectivity index (χ4v) is 3.79. The number of non-ortho nitro benzene ring substituents is 1. The number of hydrogen-bond donors (Lipinski definition) is 0. The minimum Gasteiger partial charge on any atom is -0.288 e. The monoisotopic (exact) mass is 361 g/mol. The number of nitro groups is 1. The van der Waals surface area contributed by atoms with Gasteiger partial charge in [-0.25, -0.2) is 0 Å². The van der Waals surface area contributed by atoms with Crippen LogP contribution in [0.25, 0.3) is 6.08 Å². The van der Waals surface area contributed by atoms with Crippen LogP contribution in [0.4, 0.5) is 5.69 Å². The van der Waals surface area contributed by atoms with Gasteiger partial charge in [0.2, 0.25) is 5.78 Å². The predicted octanol–water partition coefficient (Wildman–Crippen LogP) is 4.69. The van der Waals surface area contributed by atoms with E-state index in [1.54, 1.807) is 18.2 Å². The molecular weight excluding hydrogens is 354 g/mol. The molecule has 104 valence electrons. The number of carbonyl (C=O) groups is 1. The number of hydrogen-bond acceptors (Lipinski definition) is 4. The average molecular weight is 362 g/mol. The Kier molecular flexibility index (Phi) is 3.65. The number of Topliss-reactive ketones (excluding diaryl/α,β-unsaturated/α-hetero) is 1. The molecule has 0 spiro atoms. The number of thioether (sulfide) groups is 1. The molecule has 0 aromatic heterocycles. The van der Waals surface area contributed by atoms with Gasteiger partial charge in [-0.05, 0) is 51.8 Å². The van der Waals surface area contributed by atoms with Crippen molar-refractivity contribution in [2.24, 2.45) is 0 Å². The lowest BCUT2D eigenvalue weighted by atomic mass is 10.1. The average Bonchev–Trinajstić information content (AvgIpc) is 2.77. The molecule has 1 heterocycles. The first kappa shape index (κ1) is 14.0. The number of rotatable bonds is 2. The third-order valence-electron chi connectivity index (χ3n) is 3.05. The van der Waals surface area contributed by atoms with Gasteiger partial charge < -0.3 is 0 Å². The van der Waals surface area contributed by atoms with Crippen LogP contribution >= 0.6 is 27.7 Å². The Bertz CT molecular complexity index is 784. The topological polar surface area (TPSA) is 60.2 Å². The molecular formula is C15H8BrNO3S. The van der Waals surface area contributed by atoms with Crippen LogP contribution < -0.4 is 0 Å². The molecule has 2 aromatic rings. The number of nitrogens with zero attached hydrogens (tertiary/aromatic N) is 1. The summed E-state index contributed by atoms with van der Waals surface area (Å²) in [7, 11) is 0. The molecule has 1 aliphatic rings. The first-order chi connectivity index (χ1) is 10.1. The van der Waals surface area contributed by atoms with Crippen molar-refractivity contribution in [2.45, 2.75) is 4.90 Å². The maximum Gasteiger partial charge on any atom is 0.269 e. The first-order valence-electron chi connectivity index (χ1n) is 6.03. The number of carbonyl (C=O) groups excluding carboxylic acids is 1. The zero-order valence-electron chi connectivity index (χ0n) is 10.6. The van der Waals surface area contributed by atoms with E-state index in [9.17, 15) is 14.9 Å². The molecule has 21 heavy (non-hydrogen) atoms. The maximum absolute atomic E-state index is 12.4.